The molecular weight excluding hydrogens is 196 g/mol. The lowest BCUT2D eigenvalue weighted by Gasteiger charge is -2.13. The summed E-state index contributed by atoms with van der Waals surface area (Å²) in [7, 11) is 0. The molecule has 1 unspecified atom stereocenters. The van der Waals surface area contributed by atoms with Crippen LogP contribution in [-0.4, -0.2) is 6.54 Å². The molecule has 0 saturated carbocycles. The van der Waals surface area contributed by atoms with E-state index in [4.69, 9.17) is 5.26 Å². The highest BCUT2D eigenvalue weighted by atomic mass is 14.9. The summed E-state index contributed by atoms with van der Waals surface area (Å²) >= 11 is 0. The first-order valence-electron chi connectivity index (χ1n) is 5.79. The number of nitrogens with zero attached hydrogens (tertiary/aromatic N) is 1. The molecule has 0 aliphatic heterocycles. The molecule has 0 fully saturated rings. The van der Waals surface area contributed by atoms with Crippen molar-refractivity contribution >= 4 is 0 Å². The zero-order valence-electron chi connectivity index (χ0n) is 10.3. The maximum Gasteiger partial charge on any atom is 0.0671 e. The smallest absolute Gasteiger partial charge is 0.0671 e. The Bertz CT molecular complexity index is 363. The van der Waals surface area contributed by atoms with Crippen molar-refractivity contribution in [3.8, 4) is 6.07 Å². The first-order chi connectivity index (χ1) is 7.63. The monoisotopic (exact) mass is 216 g/mol. The van der Waals surface area contributed by atoms with Crippen LogP contribution in [-0.2, 0) is 6.54 Å². The third-order valence-electron chi connectivity index (χ3n) is 2.75. The summed E-state index contributed by atoms with van der Waals surface area (Å²) in [6.07, 6.45) is 0. The summed E-state index contributed by atoms with van der Waals surface area (Å²) in [6.45, 7) is 7.87. The van der Waals surface area contributed by atoms with Gasteiger partial charge in [0.2, 0.25) is 0 Å². The lowest BCUT2D eigenvalue weighted by atomic mass is 9.97. The van der Waals surface area contributed by atoms with Crippen LogP contribution in [0.15, 0.2) is 24.3 Å². The highest BCUT2D eigenvalue weighted by molar-refractivity contribution is 5.21. The molecule has 0 saturated heterocycles. The fourth-order valence-electron chi connectivity index (χ4n) is 1.62. The van der Waals surface area contributed by atoms with Crippen molar-refractivity contribution in [3.63, 3.8) is 0 Å². The van der Waals surface area contributed by atoms with Crippen molar-refractivity contribution in [2.75, 3.05) is 6.54 Å². The van der Waals surface area contributed by atoms with E-state index in [-0.39, 0.29) is 5.92 Å². The molecule has 0 spiro atoms. The SMILES string of the molecule is Cc1cccc(CNCC(C#N)C(C)C)c1. The Labute approximate surface area is 98.3 Å². The Hall–Kier alpha value is -1.33. The van der Waals surface area contributed by atoms with Crippen LogP contribution in [0, 0.1) is 30.1 Å². The van der Waals surface area contributed by atoms with E-state index in [1.54, 1.807) is 0 Å². The van der Waals surface area contributed by atoms with E-state index in [1.807, 2.05) is 0 Å². The predicted molar refractivity (Wildman–Crippen MR) is 66.8 cm³/mol. The van der Waals surface area contributed by atoms with Crippen LogP contribution in [0.3, 0.4) is 0 Å². The summed E-state index contributed by atoms with van der Waals surface area (Å²) in [5, 5.41) is 12.3. The Morgan fingerprint density at radius 3 is 2.69 bits per heavy atom. The molecule has 1 N–H and O–H groups in total. The molecule has 1 aromatic rings. The van der Waals surface area contributed by atoms with Crippen molar-refractivity contribution < 1.29 is 0 Å². The number of rotatable bonds is 5. The number of hydrogen-bond acceptors (Lipinski definition) is 2. The highest BCUT2D eigenvalue weighted by Gasteiger charge is 2.10. The Balaban J connectivity index is 2.39. The molecule has 0 bridgehead atoms. The van der Waals surface area contributed by atoms with Crippen molar-refractivity contribution in [1.29, 1.82) is 5.26 Å². The Kier molecular flexibility index (Phi) is 5.01. The summed E-state index contributed by atoms with van der Waals surface area (Å²) in [6, 6.07) is 10.8. The lowest BCUT2D eigenvalue weighted by molar-refractivity contribution is 0.442. The third kappa shape index (κ3) is 4.04. The van der Waals surface area contributed by atoms with Crippen LogP contribution in [0.1, 0.15) is 25.0 Å². The zero-order valence-corrected chi connectivity index (χ0v) is 10.3. The molecule has 86 valence electrons. The van der Waals surface area contributed by atoms with Gasteiger partial charge in [-0.15, -0.1) is 0 Å². The number of aryl methyl sites for hydroxylation is 1. The number of nitriles is 1. The maximum absolute atomic E-state index is 8.95. The molecule has 2 heteroatoms. The van der Waals surface area contributed by atoms with Crippen LogP contribution in [0.2, 0.25) is 0 Å². The predicted octanol–water partition coefficient (Wildman–Crippen LogP) is 2.88. The maximum atomic E-state index is 8.95. The summed E-state index contributed by atoms with van der Waals surface area (Å²) in [4.78, 5) is 0. The highest BCUT2D eigenvalue weighted by Crippen LogP contribution is 2.08. The second kappa shape index (κ2) is 6.30. The van der Waals surface area contributed by atoms with E-state index in [2.05, 4.69) is 56.4 Å². The Morgan fingerprint density at radius 2 is 2.12 bits per heavy atom. The van der Waals surface area contributed by atoms with Gasteiger partial charge in [-0.3, -0.25) is 0 Å². The summed E-state index contributed by atoms with van der Waals surface area (Å²) < 4.78 is 0. The van der Waals surface area contributed by atoms with Gasteiger partial charge in [0, 0.05) is 13.1 Å². The fraction of sp³-hybridized carbons (Fsp3) is 0.500. The number of nitrogens with one attached hydrogen (secondary N) is 1. The quantitative estimate of drug-likeness (QED) is 0.821. The molecule has 0 aromatic heterocycles. The van der Waals surface area contributed by atoms with E-state index < -0.39 is 0 Å². The van der Waals surface area contributed by atoms with Crippen LogP contribution < -0.4 is 5.32 Å². The standard InChI is InChI=1S/C14H20N2/c1-11(2)14(8-15)10-16-9-13-6-4-5-12(3)7-13/h4-7,11,14,16H,9-10H2,1-3H3. The molecule has 1 rings (SSSR count). The van der Waals surface area contributed by atoms with Crippen molar-refractivity contribution in [2.45, 2.75) is 27.3 Å². The molecule has 16 heavy (non-hydrogen) atoms. The van der Waals surface area contributed by atoms with Gasteiger partial charge >= 0.3 is 0 Å². The first kappa shape index (κ1) is 12.7. The van der Waals surface area contributed by atoms with Gasteiger partial charge in [0.15, 0.2) is 0 Å². The first-order valence-corrected chi connectivity index (χ1v) is 5.79. The minimum atomic E-state index is 0.102. The third-order valence-corrected chi connectivity index (χ3v) is 2.75. The molecular formula is C14H20N2. The van der Waals surface area contributed by atoms with Gasteiger partial charge in [0.1, 0.15) is 0 Å². The second-order valence-corrected chi connectivity index (χ2v) is 4.60. The average molecular weight is 216 g/mol. The number of hydrogen-bond donors (Lipinski definition) is 1. The molecule has 0 aliphatic rings. The van der Waals surface area contributed by atoms with Crippen LogP contribution in [0.4, 0.5) is 0 Å². The average Bonchev–Trinajstić information content (AvgIpc) is 2.24. The van der Waals surface area contributed by atoms with E-state index >= 15 is 0 Å². The second-order valence-electron chi connectivity index (χ2n) is 4.60. The number of benzene rings is 1. The summed E-state index contributed by atoms with van der Waals surface area (Å²) in [5.74, 6) is 0.514. The molecule has 1 atom stereocenters. The molecule has 1 aromatic carbocycles. The van der Waals surface area contributed by atoms with Crippen LogP contribution in [0.25, 0.3) is 0 Å². The van der Waals surface area contributed by atoms with Gasteiger partial charge in [-0.25, -0.2) is 0 Å². The summed E-state index contributed by atoms with van der Waals surface area (Å²) in [5.41, 5.74) is 2.56. The minimum Gasteiger partial charge on any atom is -0.311 e. The molecule has 0 amide bonds. The van der Waals surface area contributed by atoms with Crippen LogP contribution >= 0.6 is 0 Å². The Morgan fingerprint density at radius 1 is 1.38 bits per heavy atom. The van der Waals surface area contributed by atoms with Crippen LogP contribution in [0.5, 0.6) is 0 Å². The van der Waals surface area contributed by atoms with E-state index in [0.29, 0.717) is 5.92 Å². The van der Waals surface area contributed by atoms with Gasteiger partial charge in [0.05, 0.1) is 12.0 Å². The molecule has 0 radical (unpaired) electrons. The normalized spacial score (nSPS) is 12.4. The van der Waals surface area contributed by atoms with Gasteiger partial charge in [-0.2, -0.15) is 5.26 Å². The molecule has 2 nitrogen and oxygen atoms in total. The van der Waals surface area contributed by atoms with Crippen molar-refractivity contribution in [1.82, 2.24) is 5.32 Å². The van der Waals surface area contributed by atoms with Gasteiger partial charge in [0.25, 0.3) is 0 Å². The van der Waals surface area contributed by atoms with Crippen molar-refractivity contribution in [3.05, 3.63) is 35.4 Å². The van der Waals surface area contributed by atoms with Gasteiger partial charge < -0.3 is 5.32 Å². The molecule has 0 heterocycles. The minimum absolute atomic E-state index is 0.102. The van der Waals surface area contributed by atoms with E-state index in [9.17, 15) is 0 Å². The fourth-order valence-corrected chi connectivity index (χ4v) is 1.62. The van der Waals surface area contributed by atoms with Gasteiger partial charge in [-0.05, 0) is 18.4 Å². The van der Waals surface area contributed by atoms with E-state index in [1.165, 1.54) is 11.1 Å². The van der Waals surface area contributed by atoms with Crippen molar-refractivity contribution in [2.24, 2.45) is 11.8 Å². The molecule has 0 aliphatic carbocycles. The van der Waals surface area contributed by atoms with Gasteiger partial charge in [-0.1, -0.05) is 43.7 Å². The zero-order chi connectivity index (χ0) is 12.0. The topological polar surface area (TPSA) is 35.8 Å². The van der Waals surface area contributed by atoms with E-state index in [0.717, 1.165) is 13.1 Å². The lowest BCUT2D eigenvalue weighted by Crippen LogP contribution is -2.24. The largest absolute Gasteiger partial charge is 0.311 e.